The third-order valence-corrected chi connectivity index (χ3v) is 4.74. The molecule has 0 saturated heterocycles. The Morgan fingerprint density at radius 3 is 2.35 bits per heavy atom. The molecule has 1 fully saturated rings. The van der Waals surface area contributed by atoms with E-state index in [4.69, 9.17) is 0 Å². The van der Waals surface area contributed by atoms with Crippen LogP contribution in [0.4, 0.5) is 0 Å². The Labute approximate surface area is 104 Å². The van der Waals surface area contributed by atoms with Crippen LogP contribution in [0.1, 0.15) is 46.0 Å². The minimum absolute atomic E-state index is 0.328. The van der Waals surface area contributed by atoms with Gasteiger partial charge in [-0.25, -0.2) is 4.72 Å². The van der Waals surface area contributed by atoms with Crippen LogP contribution in [0.25, 0.3) is 0 Å². The van der Waals surface area contributed by atoms with Gasteiger partial charge < -0.3 is 0 Å². The lowest BCUT2D eigenvalue weighted by atomic mass is 9.77. The van der Waals surface area contributed by atoms with Crippen molar-refractivity contribution < 1.29 is 8.42 Å². The standard InChI is InChI=1S/C11H21N3O2S/c1-3-10-5-7-11(9-12,8-6-10)14-17(15,16)13-4-2/h10,13-14H,3-8H2,1-2H3. The number of hydrogen-bond acceptors (Lipinski definition) is 3. The molecule has 2 N–H and O–H groups in total. The Hall–Kier alpha value is -0.640. The first-order chi connectivity index (χ1) is 7.97. The molecule has 0 aromatic heterocycles. The van der Waals surface area contributed by atoms with Gasteiger partial charge in [0, 0.05) is 6.54 Å². The van der Waals surface area contributed by atoms with E-state index < -0.39 is 15.7 Å². The number of nitrogens with zero attached hydrogens (tertiary/aromatic N) is 1. The molecule has 98 valence electrons. The van der Waals surface area contributed by atoms with E-state index in [2.05, 4.69) is 22.4 Å². The quantitative estimate of drug-likeness (QED) is 0.780. The summed E-state index contributed by atoms with van der Waals surface area (Å²) in [6.45, 7) is 4.17. The summed E-state index contributed by atoms with van der Waals surface area (Å²) in [5.41, 5.74) is -0.910. The van der Waals surface area contributed by atoms with Gasteiger partial charge in [0.1, 0.15) is 5.54 Å². The monoisotopic (exact) mass is 259 g/mol. The fourth-order valence-corrected chi connectivity index (χ4v) is 3.52. The second-order valence-electron chi connectivity index (χ2n) is 4.65. The van der Waals surface area contributed by atoms with E-state index in [9.17, 15) is 13.7 Å². The van der Waals surface area contributed by atoms with E-state index in [1.165, 1.54) is 0 Å². The summed E-state index contributed by atoms with van der Waals surface area (Å²) in [7, 11) is -3.55. The van der Waals surface area contributed by atoms with Crippen LogP contribution in [0.5, 0.6) is 0 Å². The van der Waals surface area contributed by atoms with Gasteiger partial charge in [-0.15, -0.1) is 0 Å². The van der Waals surface area contributed by atoms with Gasteiger partial charge >= 0.3 is 0 Å². The van der Waals surface area contributed by atoms with Crippen LogP contribution in [0.15, 0.2) is 0 Å². The Balaban J connectivity index is 2.70. The van der Waals surface area contributed by atoms with Crippen LogP contribution in [-0.2, 0) is 10.2 Å². The van der Waals surface area contributed by atoms with Crippen molar-refractivity contribution in [3.8, 4) is 6.07 Å². The minimum Gasteiger partial charge on any atom is -0.203 e. The molecule has 0 amide bonds. The maximum Gasteiger partial charge on any atom is 0.278 e. The van der Waals surface area contributed by atoms with Gasteiger partial charge in [0.15, 0.2) is 0 Å². The lowest BCUT2D eigenvalue weighted by Crippen LogP contribution is -2.53. The molecule has 0 aromatic carbocycles. The highest BCUT2D eigenvalue weighted by Crippen LogP contribution is 2.33. The summed E-state index contributed by atoms with van der Waals surface area (Å²) >= 11 is 0. The van der Waals surface area contributed by atoms with E-state index in [0.717, 1.165) is 19.3 Å². The average molecular weight is 259 g/mol. The van der Waals surface area contributed by atoms with Gasteiger partial charge in [-0.3, -0.25) is 0 Å². The van der Waals surface area contributed by atoms with Crippen molar-refractivity contribution in [3.05, 3.63) is 0 Å². The number of hydrogen-bond donors (Lipinski definition) is 2. The largest absolute Gasteiger partial charge is 0.278 e. The first-order valence-corrected chi connectivity index (χ1v) is 7.65. The fraction of sp³-hybridized carbons (Fsp3) is 0.909. The van der Waals surface area contributed by atoms with Gasteiger partial charge in [0.25, 0.3) is 10.2 Å². The van der Waals surface area contributed by atoms with E-state index >= 15 is 0 Å². The SMILES string of the molecule is CCNS(=O)(=O)NC1(C#N)CCC(CC)CC1. The molecule has 1 aliphatic carbocycles. The summed E-state index contributed by atoms with van der Waals surface area (Å²) in [6.07, 6.45) is 4.14. The molecule has 0 bridgehead atoms. The van der Waals surface area contributed by atoms with Gasteiger partial charge in [0.2, 0.25) is 0 Å². The van der Waals surface area contributed by atoms with Crippen LogP contribution in [0.2, 0.25) is 0 Å². The Morgan fingerprint density at radius 1 is 1.35 bits per heavy atom. The van der Waals surface area contributed by atoms with Crippen LogP contribution in [0.3, 0.4) is 0 Å². The van der Waals surface area contributed by atoms with Crippen molar-refractivity contribution in [1.82, 2.24) is 9.44 Å². The highest BCUT2D eigenvalue weighted by atomic mass is 32.2. The van der Waals surface area contributed by atoms with Crippen LogP contribution >= 0.6 is 0 Å². The maximum atomic E-state index is 11.6. The molecule has 0 unspecified atom stereocenters. The second-order valence-corrected chi connectivity index (χ2v) is 6.15. The molecule has 5 nitrogen and oxygen atoms in total. The molecule has 6 heteroatoms. The van der Waals surface area contributed by atoms with Crippen LogP contribution in [0, 0.1) is 17.2 Å². The Bertz CT molecular complexity index is 378. The molecular formula is C11H21N3O2S. The van der Waals surface area contributed by atoms with Crippen molar-refractivity contribution in [3.63, 3.8) is 0 Å². The molecule has 17 heavy (non-hydrogen) atoms. The number of rotatable bonds is 5. The van der Waals surface area contributed by atoms with Gasteiger partial charge in [0.05, 0.1) is 6.07 Å². The van der Waals surface area contributed by atoms with E-state index in [1.807, 2.05) is 0 Å². The summed E-state index contributed by atoms with van der Waals surface area (Å²) in [6, 6.07) is 2.15. The molecule has 1 aliphatic rings. The molecule has 0 aliphatic heterocycles. The highest BCUT2D eigenvalue weighted by Gasteiger charge is 2.38. The highest BCUT2D eigenvalue weighted by molar-refractivity contribution is 7.87. The maximum absolute atomic E-state index is 11.6. The van der Waals surface area contributed by atoms with Crippen molar-refractivity contribution >= 4 is 10.2 Å². The smallest absolute Gasteiger partial charge is 0.203 e. The molecule has 0 spiro atoms. The number of nitrogens with one attached hydrogen (secondary N) is 2. The third-order valence-electron chi connectivity index (χ3n) is 3.41. The van der Waals surface area contributed by atoms with Crippen molar-refractivity contribution in [1.29, 1.82) is 5.26 Å². The molecule has 0 aromatic rings. The van der Waals surface area contributed by atoms with Crippen molar-refractivity contribution in [2.75, 3.05) is 6.54 Å². The van der Waals surface area contributed by atoms with E-state index in [1.54, 1.807) is 6.92 Å². The fourth-order valence-electron chi connectivity index (χ4n) is 2.30. The predicted molar refractivity (Wildman–Crippen MR) is 66.3 cm³/mol. The average Bonchev–Trinajstić information content (AvgIpc) is 2.29. The van der Waals surface area contributed by atoms with Crippen molar-refractivity contribution in [2.24, 2.45) is 5.92 Å². The first kappa shape index (κ1) is 14.4. The van der Waals surface area contributed by atoms with Gasteiger partial charge in [-0.2, -0.15) is 18.4 Å². The summed E-state index contributed by atoms with van der Waals surface area (Å²) in [5, 5.41) is 9.23. The summed E-state index contributed by atoms with van der Waals surface area (Å²) < 4.78 is 28.1. The normalized spacial score (nSPS) is 29.8. The van der Waals surface area contributed by atoms with Crippen LogP contribution < -0.4 is 9.44 Å². The zero-order valence-electron chi connectivity index (χ0n) is 10.5. The summed E-state index contributed by atoms with van der Waals surface area (Å²) in [5.74, 6) is 0.625. The zero-order valence-corrected chi connectivity index (χ0v) is 11.3. The molecule has 0 radical (unpaired) electrons. The number of nitriles is 1. The molecule has 1 rings (SSSR count). The lowest BCUT2D eigenvalue weighted by molar-refractivity contribution is 0.258. The predicted octanol–water partition coefficient (Wildman–Crippen LogP) is 1.29. The molecule has 0 heterocycles. The minimum atomic E-state index is -3.55. The van der Waals surface area contributed by atoms with Gasteiger partial charge in [-0.05, 0) is 31.6 Å². The topological polar surface area (TPSA) is 82.0 Å². The molecule has 0 atom stereocenters. The molecular weight excluding hydrogens is 238 g/mol. The Kier molecular flexibility index (Phi) is 4.92. The first-order valence-electron chi connectivity index (χ1n) is 6.16. The summed E-state index contributed by atoms with van der Waals surface area (Å²) in [4.78, 5) is 0. The Morgan fingerprint density at radius 2 is 1.94 bits per heavy atom. The zero-order chi connectivity index (χ0) is 12.9. The van der Waals surface area contributed by atoms with Gasteiger partial charge in [-0.1, -0.05) is 20.3 Å². The molecule has 1 saturated carbocycles. The van der Waals surface area contributed by atoms with E-state index in [0.29, 0.717) is 25.3 Å². The second kappa shape index (κ2) is 5.80. The van der Waals surface area contributed by atoms with E-state index in [-0.39, 0.29) is 0 Å². The van der Waals surface area contributed by atoms with Crippen LogP contribution in [-0.4, -0.2) is 20.5 Å². The third kappa shape index (κ3) is 3.95. The van der Waals surface area contributed by atoms with Crippen molar-refractivity contribution in [2.45, 2.75) is 51.5 Å². The lowest BCUT2D eigenvalue weighted by Gasteiger charge is -2.34.